The SMILES string of the molecule is CC(C)(O)C(C)(C)NC(=O)C1C2CC3CC(C2)CC1C3. The fourth-order valence-corrected chi connectivity index (χ4v) is 4.90. The highest BCUT2D eigenvalue weighted by atomic mass is 16.3. The van der Waals surface area contributed by atoms with E-state index in [0.29, 0.717) is 11.8 Å². The van der Waals surface area contributed by atoms with Crippen molar-refractivity contribution in [2.45, 2.75) is 70.9 Å². The quantitative estimate of drug-likeness (QED) is 0.834. The lowest BCUT2D eigenvalue weighted by Crippen LogP contribution is -2.61. The van der Waals surface area contributed by atoms with Crippen LogP contribution in [0.25, 0.3) is 0 Å². The third-order valence-corrected chi connectivity index (χ3v) is 6.49. The number of hydrogen-bond acceptors (Lipinski definition) is 2. The van der Waals surface area contributed by atoms with Crippen LogP contribution in [0.1, 0.15) is 59.8 Å². The maximum Gasteiger partial charge on any atom is 0.224 e. The first kappa shape index (κ1) is 14.4. The van der Waals surface area contributed by atoms with Gasteiger partial charge in [0.2, 0.25) is 5.91 Å². The van der Waals surface area contributed by atoms with E-state index in [1.807, 2.05) is 13.8 Å². The Kier molecular flexibility index (Phi) is 3.20. The Morgan fingerprint density at radius 2 is 1.40 bits per heavy atom. The van der Waals surface area contributed by atoms with E-state index in [1.54, 1.807) is 13.8 Å². The highest BCUT2D eigenvalue weighted by Crippen LogP contribution is 2.56. The Balaban J connectivity index is 1.72. The molecule has 0 radical (unpaired) electrons. The van der Waals surface area contributed by atoms with Crippen molar-refractivity contribution in [3.63, 3.8) is 0 Å². The standard InChI is InChI=1S/C17H29NO2/c1-16(2,17(3,4)20)18-15(19)14-12-6-10-5-11(8-12)9-13(14)7-10/h10-14,20H,5-9H2,1-4H3,(H,18,19). The van der Waals surface area contributed by atoms with Gasteiger partial charge in [-0.25, -0.2) is 0 Å². The van der Waals surface area contributed by atoms with E-state index >= 15 is 0 Å². The van der Waals surface area contributed by atoms with Gasteiger partial charge in [-0.05, 0) is 83.5 Å². The average Bonchev–Trinajstić information content (AvgIpc) is 2.24. The minimum absolute atomic E-state index is 0.186. The van der Waals surface area contributed by atoms with Crippen molar-refractivity contribution in [2.75, 3.05) is 0 Å². The predicted molar refractivity (Wildman–Crippen MR) is 79.1 cm³/mol. The zero-order chi connectivity index (χ0) is 14.7. The van der Waals surface area contributed by atoms with Gasteiger partial charge < -0.3 is 10.4 Å². The summed E-state index contributed by atoms with van der Waals surface area (Å²) in [6, 6.07) is 0. The molecular weight excluding hydrogens is 250 g/mol. The van der Waals surface area contributed by atoms with Crippen LogP contribution in [0.5, 0.6) is 0 Å². The summed E-state index contributed by atoms with van der Waals surface area (Å²) in [5.41, 5.74) is -1.49. The Morgan fingerprint density at radius 3 is 1.80 bits per heavy atom. The lowest BCUT2D eigenvalue weighted by molar-refractivity contribution is -0.143. The van der Waals surface area contributed by atoms with E-state index in [-0.39, 0.29) is 11.8 Å². The van der Waals surface area contributed by atoms with Crippen LogP contribution in [0.2, 0.25) is 0 Å². The molecule has 4 fully saturated rings. The van der Waals surface area contributed by atoms with Crippen molar-refractivity contribution in [3.05, 3.63) is 0 Å². The maximum atomic E-state index is 12.8. The molecule has 4 aliphatic carbocycles. The Hall–Kier alpha value is -0.570. The van der Waals surface area contributed by atoms with E-state index < -0.39 is 11.1 Å². The van der Waals surface area contributed by atoms with E-state index in [1.165, 1.54) is 32.1 Å². The lowest BCUT2D eigenvalue weighted by Gasteiger charge is -2.54. The Morgan fingerprint density at radius 1 is 0.950 bits per heavy atom. The number of carbonyl (C=O) groups is 1. The minimum Gasteiger partial charge on any atom is -0.388 e. The molecule has 0 aliphatic heterocycles. The molecule has 4 aliphatic rings. The first-order valence-electron chi connectivity index (χ1n) is 8.22. The second kappa shape index (κ2) is 4.46. The summed E-state index contributed by atoms with van der Waals surface area (Å²) in [5.74, 6) is 3.37. The van der Waals surface area contributed by atoms with Crippen LogP contribution >= 0.6 is 0 Å². The molecule has 0 aromatic heterocycles. The molecule has 0 aromatic carbocycles. The lowest BCUT2D eigenvalue weighted by atomic mass is 9.51. The molecule has 3 heteroatoms. The molecule has 0 unspecified atom stereocenters. The second-order valence-electron chi connectivity index (χ2n) is 8.63. The highest BCUT2D eigenvalue weighted by molar-refractivity contribution is 5.80. The molecule has 1 amide bonds. The second-order valence-corrected chi connectivity index (χ2v) is 8.63. The maximum absolute atomic E-state index is 12.8. The number of nitrogens with one attached hydrogen (secondary N) is 1. The fraction of sp³-hybridized carbons (Fsp3) is 0.941. The molecule has 0 atom stereocenters. The smallest absolute Gasteiger partial charge is 0.224 e. The van der Waals surface area contributed by atoms with Crippen molar-refractivity contribution in [1.29, 1.82) is 0 Å². The summed E-state index contributed by atoms with van der Waals surface area (Å²) in [6.07, 6.45) is 6.45. The van der Waals surface area contributed by atoms with Crippen molar-refractivity contribution in [2.24, 2.45) is 29.6 Å². The van der Waals surface area contributed by atoms with Crippen molar-refractivity contribution >= 4 is 5.91 Å². The number of amides is 1. The summed E-state index contributed by atoms with van der Waals surface area (Å²) in [4.78, 5) is 12.8. The topological polar surface area (TPSA) is 49.3 Å². The Labute approximate surface area is 122 Å². The number of rotatable bonds is 3. The fourth-order valence-electron chi connectivity index (χ4n) is 4.90. The van der Waals surface area contributed by atoms with E-state index in [9.17, 15) is 9.90 Å². The number of carbonyl (C=O) groups excluding carboxylic acids is 1. The van der Waals surface area contributed by atoms with Crippen molar-refractivity contribution in [3.8, 4) is 0 Å². The van der Waals surface area contributed by atoms with Gasteiger partial charge in [-0.15, -0.1) is 0 Å². The summed E-state index contributed by atoms with van der Waals surface area (Å²) in [5, 5.41) is 13.4. The van der Waals surface area contributed by atoms with Gasteiger partial charge in [0.15, 0.2) is 0 Å². The van der Waals surface area contributed by atoms with Crippen LogP contribution in [0, 0.1) is 29.6 Å². The zero-order valence-corrected chi connectivity index (χ0v) is 13.3. The molecule has 4 saturated carbocycles. The normalized spacial score (nSPS) is 40.0. The van der Waals surface area contributed by atoms with Crippen molar-refractivity contribution in [1.82, 2.24) is 5.32 Å². The summed E-state index contributed by atoms with van der Waals surface area (Å²) in [7, 11) is 0. The number of hydrogen-bond donors (Lipinski definition) is 2. The highest BCUT2D eigenvalue weighted by Gasteiger charge is 2.51. The van der Waals surface area contributed by atoms with Gasteiger partial charge >= 0.3 is 0 Å². The van der Waals surface area contributed by atoms with Crippen molar-refractivity contribution < 1.29 is 9.90 Å². The molecule has 4 bridgehead atoms. The van der Waals surface area contributed by atoms with Gasteiger partial charge in [-0.3, -0.25) is 4.79 Å². The molecule has 0 aromatic rings. The monoisotopic (exact) mass is 279 g/mol. The molecule has 0 saturated heterocycles. The summed E-state index contributed by atoms with van der Waals surface area (Å²) in [6.45, 7) is 7.37. The van der Waals surface area contributed by atoms with Crippen LogP contribution in [0.4, 0.5) is 0 Å². The van der Waals surface area contributed by atoms with Gasteiger partial charge in [0, 0.05) is 5.92 Å². The van der Waals surface area contributed by atoms with Gasteiger partial charge in [-0.2, -0.15) is 0 Å². The van der Waals surface area contributed by atoms with Crippen LogP contribution in [-0.2, 0) is 4.79 Å². The van der Waals surface area contributed by atoms with Crippen LogP contribution in [-0.4, -0.2) is 22.2 Å². The molecule has 2 N–H and O–H groups in total. The van der Waals surface area contributed by atoms with E-state index in [4.69, 9.17) is 0 Å². The molecule has 3 nitrogen and oxygen atoms in total. The first-order valence-corrected chi connectivity index (χ1v) is 8.22. The first-order chi connectivity index (χ1) is 9.17. The van der Waals surface area contributed by atoms with Gasteiger partial charge in [0.25, 0.3) is 0 Å². The molecule has 0 heterocycles. The van der Waals surface area contributed by atoms with E-state index in [0.717, 1.165) is 11.8 Å². The average molecular weight is 279 g/mol. The van der Waals surface area contributed by atoms with Gasteiger partial charge in [-0.1, -0.05) is 0 Å². The minimum atomic E-state index is -0.908. The molecular formula is C17H29NO2. The van der Waals surface area contributed by atoms with E-state index in [2.05, 4.69) is 5.32 Å². The third kappa shape index (κ3) is 2.28. The van der Waals surface area contributed by atoms with Crippen LogP contribution in [0.3, 0.4) is 0 Å². The molecule has 114 valence electrons. The molecule has 20 heavy (non-hydrogen) atoms. The third-order valence-electron chi connectivity index (χ3n) is 6.49. The van der Waals surface area contributed by atoms with Crippen LogP contribution < -0.4 is 5.32 Å². The molecule has 0 spiro atoms. The summed E-state index contributed by atoms with van der Waals surface area (Å²) >= 11 is 0. The number of aliphatic hydroxyl groups is 1. The zero-order valence-electron chi connectivity index (χ0n) is 13.3. The molecule has 4 rings (SSSR count). The van der Waals surface area contributed by atoms with Gasteiger partial charge in [0.1, 0.15) is 0 Å². The Bertz CT molecular complexity index is 380. The largest absolute Gasteiger partial charge is 0.388 e. The predicted octanol–water partition coefficient (Wildman–Crippen LogP) is 2.72. The summed E-state index contributed by atoms with van der Waals surface area (Å²) < 4.78 is 0. The van der Waals surface area contributed by atoms with Gasteiger partial charge in [0.05, 0.1) is 11.1 Å². The van der Waals surface area contributed by atoms with Crippen LogP contribution in [0.15, 0.2) is 0 Å².